The van der Waals surface area contributed by atoms with Gasteiger partial charge in [0.1, 0.15) is 11.5 Å². The van der Waals surface area contributed by atoms with Crippen LogP contribution in [0.15, 0.2) is 28.8 Å². The van der Waals surface area contributed by atoms with E-state index in [1.807, 2.05) is 0 Å². The molecule has 0 bridgehead atoms. The van der Waals surface area contributed by atoms with E-state index in [1.54, 1.807) is 19.1 Å². The van der Waals surface area contributed by atoms with Crippen LogP contribution in [-0.2, 0) is 20.4 Å². The van der Waals surface area contributed by atoms with E-state index in [0.717, 1.165) is 0 Å². The largest absolute Gasteiger partial charge is 0.361 e. The van der Waals surface area contributed by atoms with E-state index >= 15 is 0 Å². The Morgan fingerprint density at radius 2 is 2.09 bits per heavy atom. The zero-order chi connectivity index (χ0) is 16.3. The number of hydrogen-bond acceptors (Lipinski definition) is 5. The molecule has 118 valence electrons. The number of aryl methyl sites for hydroxylation is 1. The predicted molar refractivity (Wildman–Crippen MR) is 83.8 cm³/mol. The number of anilines is 1. The van der Waals surface area contributed by atoms with Gasteiger partial charge in [-0.2, -0.15) is 0 Å². The summed E-state index contributed by atoms with van der Waals surface area (Å²) in [6.07, 6.45) is 0. The molecule has 0 radical (unpaired) electrons. The fraction of sp³-hybridized carbons (Fsp3) is 0.231. The normalized spacial score (nSPS) is 11.4. The Morgan fingerprint density at radius 1 is 1.36 bits per heavy atom. The SMILES string of the molecule is Cc1cc(CS(=O)(=O)CC(=O)Nc2cccc(Cl)c2Cl)no1. The molecule has 0 saturated heterocycles. The first kappa shape index (κ1) is 16.8. The van der Waals surface area contributed by atoms with Crippen molar-refractivity contribution < 1.29 is 17.7 Å². The highest BCUT2D eigenvalue weighted by Crippen LogP contribution is 2.29. The van der Waals surface area contributed by atoms with E-state index in [1.165, 1.54) is 12.1 Å². The third-order valence-corrected chi connectivity index (χ3v) is 4.88. The maximum atomic E-state index is 12.0. The lowest BCUT2D eigenvalue weighted by atomic mass is 10.3. The van der Waals surface area contributed by atoms with Crippen molar-refractivity contribution in [3.63, 3.8) is 0 Å². The molecule has 0 saturated carbocycles. The van der Waals surface area contributed by atoms with E-state index in [4.69, 9.17) is 27.7 Å². The monoisotopic (exact) mass is 362 g/mol. The Hall–Kier alpha value is -1.57. The molecule has 1 heterocycles. The van der Waals surface area contributed by atoms with Gasteiger partial charge in [-0.15, -0.1) is 0 Å². The van der Waals surface area contributed by atoms with Gasteiger partial charge in [0.05, 0.1) is 27.2 Å². The van der Waals surface area contributed by atoms with Gasteiger partial charge in [-0.25, -0.2) is 8.42 Å². The number of aromatic nitrogens is 1. The zero-order valence-electron chi connectivity index (χ0n) is 11.5. The van der Waals surface area contributed by atoms with Crippen LogP contribution in [0.3, 0.4) is 0 Å². The standard InChI is InChI=1S/C13H12Cl2N2O4S/c1-8-5-9(17-21-8)6-22(19,20)7-12(18)16-11-4-2-3-10(14)13(11)15/h2-5H,6-7H2,1H3,(H,16,18). The van der Waals surface area contributed by atoms with Gasteiger partial charge in [-0.05, 0) is 19.1 Å². The number of amides is 1. The summed E-state index contributed by atoms with van der Waals surface area (Å²) in [4.78, 5) is 11.9. The number of nitrogens with one attached hydrogen (secondary N) is 1. The number of hydrogen-bond donors (Lipinski definition) is 1. The highest BCUT2D eigenvalue weighted by molar-refractivity contribution is 7.91. The third kappa shape index (κ3) is 4.46. The molecule has 9 heteroatoms. The van der Waals surface area contributed by atoms with E-state index in [-0.39, 0.29) is 27.2 Å². The number of carbonyl (C=O) groups is 1. The second-order valence-electron chi connectivity index (χ2n) is 4.61. The number of benzene rings is 1. The van der Waals surface area contributed by atoms with Crippen molar-refractivity contribution >= 4 is 44.6 Å². The van der Waals surface area contributed by atoms with Crippen molar-refractivity contribution in [1.29, 1.82) is 0 Å². The first-order valence-electron chi connectivity index (χ1n) is 6.13. The Kier molecular flexibility index (Phi) is 5.10. The number of sulfone groups is 1. The number of carbonyl (C=O) groups excluding carboxylic acids is 1. The summed E-state index contributed by atoms with van der Waals surface area (Å²) in [5.74, 6) is -1.27. The van der Waals surface area contributed by atoms with E-state index in [2.05, 4.69) is 10.5 Å². The summed E-state index contributed by atoms with van der Waals surface area (Å²) in [6, 6.07) is 6.18. The highest BCUT2D eigenvalue weighted by Gasteiger charge is 2.20. The average Bonchev–Trinajstić information content (AvgIpc) is 2.78. The molecule has 0 aliphatic carbocycles. The number of rotatable bonds is 5. The van der Waals surface area contributed by atoms with Crippen molar-refractivity contribution in [2.45, 2.75) is 12.7 Å². The van der Waals surface area contributed by atoms with Crippen molar-refractivity contribution in [3.8, 4) is 0 Å². The summed E-state index contributed by atoms with van der Waals surface area (Å²) in [5.41, 5.74) is 0.512. The van der Waals surface area contributed by atoms with Gasteiger partial charge in [0.15, 0.2) is 9.84 Å². The molecule has 0 atom stereocenters. The number of nitrogens with zero attached hydrogens (tertiary/aromatic N) is 1. The third-order valence-electron chi connectivity index (χ3n) is 2.62. The summed E-state index contributed by atoms with van der Waals surface area (Å²) in [7, 11) is -3.67. The fourth-order valence-corrected chi connectivity index (χ4v) is 3.26. The average molecular weight is 363 g/mol. The molecule has 0 aliphatic heterocycles. The van der Waals surface area contributed by atoms with Crippen LogP contribution in [0.4, 0.5) is 5.69 Å². The molecule has 2 rings (SSSR count). The maximum Gasteiger partial charge on any atom is 0.239 e. The fourth-order valence-electron chi connectivity index (χ4n) is 1.75. The van der Waals surface area contributed by atoms with Gasteiger partial charge in [0.25, 0.3) is 0 Å². The Labute approximate surface area is 137 Å². The molecular weight excluding hydrogens is 351 g/mol. The zero-order valence-corrected chi connectivity index (χ0v) is 13.8. The van der Waals surface area contributed by atoms with Crippen LogP contribution < -0.4 is 5.32 Å². The summed E-state index contributed by atoms with van der Waals surface area (Å²) >= 11 is 11.7. The minimum atomic E-state index is -3.67. The lowest BCUT2D eigenvalue weighted by molar-refractivity contribution is -0.113. The molecule has 0 aliphatic rings. The summed E-state index contributed by atoms with van der Waals surface area (Å²) < 4.78 is 28.7. The van der Waals surface area contributed by atoms with Crippen molar-refractivity contribution in [1.82, 2.24) is 5.16 Å². The van der Waals surface area contributed by atoms with Crippen LogP contribution in [0, 0.1) is 6.92 Å². The van der Waals surface area contributed by atoms with Gasteiger partial charge >= 0.3 is 0 Å². The second-order valence-corrected chi connectivity index (χ2v) is 7.46. The molecule has 1 aromatic carbocycles. The quantitative estimate of drug-likeness (QED) is 0.882. The second kappa shape index (κ2) is 6.68. The molecular formula is C13H12Cl2N2O4S. The van der Waals surface area contributed by atoms with Crippen LogP contribution in [0.25, 0.3) is 0 Å². The molecule has 0 fully saturated rings. The lowest BCUT2D eigenvalue weighted by Crippen LogP contribution is -2.24. The van der Waals surface area contributed by atoms with Gasteiger partial charge in [-0.1, -0.05) is 34.4 Å². The Bertz CT molecular complexity index is 802. The minimum Gasteiger partial charge on any atom is -0.361 e. The molecule has 2 aromatic rings. The van der Waals surface area contributed by atoms with Crippen LogP contribution >= 0.6 is 23.2 Å². The van der Waals surface area contributed by atoms with E-state index in [9.17, 15) is 13.2 Å². The van der Waals surface area contributed by atoms with Gasteiger partial charge in [-0.3, -0.25) is 4.79 Å². The van der Waals surface area contributed by atoms with Gasteiger partial charge in [0.2, 0.25) is 5.91 Å². The van der Waals surface area contributed by atoms with Crippen LogP contribution in [0.5, 0.6) is 0 Å². The van der Waals surface area contributed by atoms with Crippen LogP contribution in [0.2, 0.25) is 10.0 Å². The smallest absolute Gasteiger partial charge is 0.239 e. The molecule has 0 unspecified atom stereocenters. The molecule has 0 spiro atoms. The molecule has 22 heavy (non-hydrogen) atoms. The Balaban J connectivity index is 2.03. The first-order chi connectivity index (χ1) is 10.3. The van der Waals surface area contributed by atoms with Crippen molar-refractivity contribution in [3.05, 3.63) is 45.8 Å². The van der Waals surface area contributed by atoms with E-state index in [0.29, 0.717) is 5.76 Å². The predicted octanol–water partition coefficient (Wildman–Crippen LogP) is 2.84. The summed E-state index contributed by atoms with van der Waals surface area (Å²) in [5, 5.41) is 6.43. The first-order valence-corrected chi connectivity index (χ1v) is 8.71. The van der Waals surface area contributed by atoms with E-state index < -0.39 is 21.5 Å². The molecule has 6 nitrogen and oxygen atoms in total. The van der Waals surface area contributed by atoms with Gasteiger partial charge in [0, 0.05) is 6.07 Å². The molecule has 1 amide bonds. The van der Waals surface area contributed by atoms with Crippen LogP contribution in [0.1, 0.15) is 11.5 Å². The minimum absolute atomic E-state index is 0.155. The molecule has 1 N–H and O–H groups in total. The summed E-state index contributed by atoms with van der Waals surface area (Å²) in [6.45, 7) is 1.65. The topological polar surface area (TPSA) is 89.3 Å². The Morgan fingerprint density at radius 3 is 2.73 bits per heavy atom. The molecule has 1 aromatic heterocycles. The number of halogens is 2. The van der Waals surface area contributed by atoms with Crippen molar-refractivity contribution in [2.24, 2.45) is 0 Å². The van der Waals surface area contributed by atoms with Crippen molar-refractivity contribution in [2.75, 3.05) is 11.1 Å². The maximum absolute atomic E-state index is 12.0. The lowest BCUT2D eigenvalue weighted by Gasteiger charge is -2.08. The highest BCUT2D eigenvalue weighted by atomic mass is 35.5. The van der Waals surface area contributed by atoms with Crippen LogP contribution in [-0.4, -0.2) is 25.2 Å². The van der Waals surface area contributed by atoms with Gasteiger partial charge < -0.3 is 9.84 Å².